The van der Waals surface area contributed by atoms with Crippen molar-refractivity contribution in [3.8, 4) is 11.4 Å². The van der Waals surface area contributed by atoms with Gasteiger partial charge in [-0.05, 0) is 50.1 Å². The van der Waals surface area contributed by atoms with E-state index < -0.39 is 5.60 Å². The summed E-state index contributed by atoms with van der Waals surface area (Å²) in [7, 11) is 3.44. The lowest BCUT2D eigenvalue weighted by atomic mass is 9.83. The summed E-state index contributed by atoms with van der Waals surface area (Å²) in [5, 5.41) is 12.2. The van der Waals surface area contributed by atoms with Gasteiger partial charge in [-0.3, -0.25) is 14.4 Å². The molecule has 1 aliphatic heterocycles. The molecule has 4 rings (SSSR count). The van der Waals surface area contributed by atoms with E-state index in [1.165, 1.54) is 0 Å². The minimum absolute atomic E-state index is 0.101. The number of aliphatic hydroxyl groups is 1. The molecular formula is C24H27Cl2N3O3. The van der Waals surface area contributed by atoms with Crippen LogP contribution < -0.4 is 10.3 Å². The van der Waals surface area contributed by atoms with E-state index in [-0.39, 0.29) is 16.6 Å². The Balaban J connectivity index is 1.59. The van der Waals surface area contributed by atoms with E-state index in [9.17, 15) is 9.90 Å². The summed E-state index contributed by atoms with van der Waals surface area (Å²) >= 11 is 12.7. The number of nitrogens with zero attached hydrogens (tertiary/aromatic N) is 3. The Morgan fingerprint density at radius 1 is 1.09 bits per heavy atom. The van der Waals surface area contributed by atoms with E-state index in [0.29, 0.717) is 42.3 Å². The van der Waals surface area contributed by atoms with Crippen LogP contribution in [0.1, 0.15) is 37.1 Å². The summed E-state index contributed by atoms with van der Waals surface area (Å²) in [4.78, 5) is 15.2. The second-order valence-electron chi connectivity index (χ2n) is 8.26. The SMILES string of the molecule is COc1ccc(Cl)cc1C1(O)CCN(C(C)c2c(Cl)c(=O)n(-c3ccccc3)n2C)CC1. The molecule has 32 heavy (non-hydrogen) atoms. The Bertz CT molecular complexity index is 1170. The van der Waals surface area contributed by atoms with Crippen LogP contribution in [-0.4, -0.2) is 39.6 Å². The summed E-state index contributed by atoms with van der Waals surface area (Å²) < 4.78 is 8.87. The molecule has 0 saturated carbocycles. The van der Waals surface area contributed by atoms with E-state index >= 15 is 0 Å². The average Bonchev–Trinajstić information content (AvgIpc) is 3.02. The molecular weight excluding hydrogens is 449 g/mol. The average molecular weight is 476 g/mol. The molecule has 0 amide bonds. The zero-order valence-corrected chi connectivity index (χ0v) is 19.9. The van der Waals surface area contributed by atoms with Crippen molar-refractivity contribution in [2.45, 2.75) is 31.4 Å². The molecule has 2 aromatic carbocycles. The number of piperidine rings is 1. The second-order valence-corrected chi connectivity index (χ2v) is 9.08. The van der Waals surface area contributed by atoms with Gasteiger partial charge in [0.25, 0.3) is 5.56 Å². The molecule has 3 aromatic rings. The molecule has 1 unspecified atom stereocenters. The van der Waals surface area contributed by atoms with Gasteiger partial charge < -0.3 is 9.84 Å². The summed E-state index contributed by atoms with van der Waals surface area (Å²) in [6.45, 7) is 3.31. The van der Waals surface area contributed by atoms with Crippen LogP contribution in [0, 0.1) is 0 Å². The highest BCUT2D eigenvalue weighted by Crippen LogP contribution is 2.41. The van der Waals surface area contributed by atoms with Crippen LogP contribution in [-0.2, 0) is 12.6 Å². The zero-order valence-electron chi connectivity index (χ0n) is 18.4. The van der Waals surface area contributed by atoms with Crippen LogP contribution in [0.25, 0.3) is 5.69 Å². The standard InChI is InChI=1S/C24H27Cl2N3O3/c1-16(22-21(26)23(30)29(27(22)2)18-7-5-4-6-8-18)28-13-11-24(31,12-14-28)19-15-17(25)9-10-20(19)32-3/h4-10,15-16,31H,11-14H2,1-3H3. The molecule has 1 aliphatic rings. The van der Waals surface area contributed by atoms with Crippen molar-refractivity contribution in [2.24, 2.45) is 7.05 Å². The van der Waals surface area contributed by atoms with Crippen molar-refractivity contribution in [3.05, 3.63) is 80.2 Å². The highest BCUT2D eigenvalue weighted by atomic mass is 35.5. The minimum atomic E-state index is -1.03. The van der Waals surface area contributed by atoms with E-state index in [2.05, 4.69) is 4.90 Å². The van der Waals surface area contributed by atoms with Crippen molar-refractivity contribution in [1.29, 1.82) is 0 Å². The Kier molecular flexibility index (Phi) is 6.41. The predicted molar refractivity (Wildman–Crippen MR) is 127 cm³/mol. The largest absolute Gasteiger partial charge is 0.496 e. The highest BCUT2D eigenvalue weighted by Gasteiger charge is 2.38. The Labute approximate surface area is 197 Å². The fourth-order valence-electron chi connectivity index (χ4n) is 4.67. The third-order valence-corrected chi connectivity index (χ3v) is 7.08. The van der Waals surface area contributed by atoms with Crippen LogP contribution in [0.5, 0.6) is 5.75 Å². The maximum absolute atomic E-state index is 12.9. The number of methoxy groups -OCH3 is 1. The summed E-state index contributed by atoms with van der Waals surface area (Å²) in [6, 6.07) is 14.7. The number of rotatable bonds is 5. The number of aromatic nitrogens is 2. The lowest BCUT2D eigenvalue weighted by Gasteiger charge is -2.41. The monoisotopic (exact) mass is 475 g/mol. The lowest BCUT2D eigenvalue weighted by Crippen LogP contribution is -2.44. The van der Waals surface area contributed by atoms with Gasteiger partial charge in [-0.1, -0.05) is 41.4 Å². The lowest BCUT2D eigenvalue weighted by molar-refractivity contribution is -0.0364. The van der Waals surface area contributed by atoms with Crippen LogP contribution in [0.2, 0.25) is 10.0 Å². The van der Waals surface area contributed by atoms with E-state index in [4.69, 9.17) is 27.9 Å². The molecule has 0 aliphatic carbocycles. The topological polar surface area (TPSA) is 59.6 Å². The molecule has 0 radical (unpaired) electrons. The molecule has 1 aromatic heterocycles. The van der Waals surface area contributed by atoms with Crippen molar-refractivity contribution in [2.75, 3.05) is 20.2 Å². The number of likely N-dealkylation sites (tertiary alicyclic amines) is 1. The number of halogens is 2. The summed E-state index contributed by atoms with van der Waals surface area (Å²) in [6.07, 6.45) is 1.03. The van der Waals surface area contributed by atoms with Crippen LogP contribution in [0.15, 0.2) is 53.3 Å². The quantitative estimate of drug-likeness (QED) is 0.588. The summed E-state index contributed by atoms with van der Waals surface area (Å²) in [5.74, 6) is 0.628. The fourth-order valence-corrected chi connectivity index (χ4v) is 5.20. The van der Waals surface area contributed by atoms with E-state index in [1.807, 2.05) is 49.0 Å². The first kappa shape index (κ1) is 22.9. The molecule has 1 fully saturated rings. The number of ether oxygens (including phenoxy) is 1. The molecule has 1 atom stereocenters. The maximum Gasteiger partial charge on any atom is 0.290 e. The van der Waals surface area contributed by atoms with Crippen LogP contribution >= 0.6 is 23.2 Å². The van der Waals surface area contributed by atoms with Gasteiger partial charge in [0.2, 0.25) is 0 Å². The molecule has 0 bridgehead atoms. The fraction of sp³-hybridized carbons (Fsp3) is 0.375. The normalized spacial score (nSPS) is 17.3. The van der Waals surface area contributed by atoms with E-state index in [0.717, 1.165) is 11.4 Å². The molecule has 6 nitrogen and oxygen atoms in total. The minimum Gasteiger partial charge on any atom is -0.496 e. The first-order valence-electron chi connectivity index (χ1n) is 10.6. The first-order valence-corrected chi connectivity index (χ1v) is 11.4. The van der Waals surface area contributed by atoms with Crippen LogP contribution in [0.3, 0.4) is 0 Å². The third kappa shape index (κ3) is 3.97. The molecule has 2 heterocycles. The Morgan fingerprint density at radius 2 is 1.75 bits per heavy atom. The smallest absolute Gasteiger partial charge is 0.290 e. The number of benzene rings is 2. The maximum atomic E-state index is 12.9. The number of hydrogen-bond acceptors (Lipinski definition) is 4. The molecule has 170 valence electrons. The van der Waals surface area contributed by atoms with Gasteiger partial charge in [-0.2, -0.15) is 0 Å². The Hall–Kier alpha value is -2.25. The van der Waals surface area contributed by atoms with Gasteiger partial charge in [0.05, 0.1) is 30.1 Å². The first-order chi connectivity index (χ1) is 15.3. The highest BCUT2D eigenvalue weighted by molar-refractivity contribution is 6.31. The van der Waals surface area contributed by atoms with Crippen LogP contribution in [0.4, 0.5) is 0 Å². The zero-order chi connectivity index (χ0) is 23.0. The van der Waals surface area contributed by atoms with Gasteiger partial charge in [0.15, 0.2) is 0 Å². The second kappa shape index (κ2) is 8.94. The van der Waals surface area contributed by atoms with Crippen molar-refractivity contribution in [3.63, 3.8) is 0 Å². The van der Waals surface area contributed by atoms with Crippen molar-refractivity contribution in [1.82, 2.24) is 14.3 Å². The number of hydrogen-bond donors (Lipinski definition) is 1. The molecule has 0 spiro atoms. The molecule has 1 N–H and O–H groups in total. The molecule has 8 heteroatoms. The number of para-hydroxylation sites is 1. The van der Waals surface area contributed by atoms with E-state index in [1.54, 1.807) is 30.0 Å². The van der Waals surface area contributed by atoms with Gasteiger partial charge >= 0.3 is 0 Å². The predicted octanol–water partition coefficient (Wildman–Crippen LogP) is 4.54. The van der Waals surface area contributed by atoms with Crippen molar-refractivity contribution < 1.29 is 9.84 Å². The van der Waals surface area contributed by atoms with Gasteiger partial charge in [-0.15, -0.1) is 0 Å². The molecule has 1 saturated heterocycles. The van der Waals surface area contributed by atoms with Gasteiger partial charge in [-0.25, -0.2) is 4.68 Å². The summed E-state index contributed by atoms with van der Waals surface area (Å²) in [5.41, 5.74) is 0.963. The van der Waals surface area contributed by atoms with Crippen molar-refractivity contribution >= 4 is 23.2 Å². The van der Waals surface area contributed by atoms with Gasteiger partial charge in [0, 0.05) is 30.7 Å². The van der Waals surface area contributed by atoms with Gasteiger partial charge in [0.1, 0.15) is 10.8 Å². The Morgan fingerprint density at radius 3 is 2.38 bits per heavy atom. The third-order valence-electron chi connectivity index (χ3n) is 6.49.